The van der Waals surface area contributed by atoms with Crippen molar-refractivity contribution in [2.75, 3.05) is 0 Å². The molecule has 6 heteroatoms. The summed E-state index contributed by atoms with van der Waals surface area (Å²) >= 11 is 9.92. The van der Waals surface area contributed by atoms with E-state index < -0.39 is 16.6 Å². The van der Waals surface area contributed by atoms with Crippen molar-refractivity contribution >= 4 is 49.2 Å². The number of rotatable bonds is 5. The van der Waals surface area contributed by atoms with Crippen LogP contribution in [-0.2, 0) is 8.85 Å². The van der Waals surface area contributed by atoms with Crippen LogP contribution >= 0.6 is 27.5 Å². The summed E-state index contributed by atoms with van der Waals surface area (Å²) in [4.78, 5) is 0. The highest BCUT2D eigenvalue weighted by molar-refractivity contribution is 9.10. The lowest BCUT2D eigenvalue weighted by atomic mass is 10.2. The molecule has 1 aromatic carbocycles. The predicted octanol–water partition coefficient (Wildman–Crippen LogP) is 6.02. The van der Waals surface area contributed by atoms with Crippen LogP contribution in [0, 0.1) is 0 Å². The molecule has 0 unspecified atom stereocenters. The SMILES string of the molecule is C[Si](C)(C)OC(O[Si](C)(C)C)=C(Cl)c1ccc(Br)cc1. The van der Waals surface area contributed by atoms with Gasteiger partial charge in [0.1, 0.15) is 5.03 Å². The largest absolute Gasteiger partial charge is 0.519 e. The second-order valence-electron chi connectivity index (χ2n) is 6.54. The number of benzene rings is 1. The van der Waals surface area contributed by atoms with Crippen molar-refractivity contribution in [2.24, 2.45) is 0 Å². The first kappa shape index (κ1) is 17.8. The van der Waals surface area contributed by atoms with Crippen LogP contribution in [0.25, 0.3) is 5.03 Å². The predicted molar refractivity (Wildman–Crippen MR) is 95.8 cm³/mol. The summed E-state index contributed by atoms with van der Waals surface area (Å²) in [6.45, 7) is 12.7. The molecule has 0 amide bonds. The van der Waals surface area contributed by atoms with E-state index in [-0.39, 0.29) is 0 Å². The van der Waals surface area contributed by atoms with Gasteiger partial charge in [0.25, 0.3) is 5.95 Å². The van der Waals surface area contributed by atoms with Gasteiger partial charge < -0.3 is 8.85 Å². The fourth-order valence-electron chi connectivity index (χ4n) is 1.38. The van der Waals surface area contributed by atoms with Crippen LogP contribution < -0.4 is 0 Å². The highest BCUT2D eigenvalue weighted by atomic mass is 79.9. The Labute approximate surface area is 137 Å². The maximum absolute atomic E-state index is 6.50. The lowest BCUT2D eigenvalue weighted by Gasteiger charge is -2.28. The van der Waals surface area contributed by atoms with Gasteiger partial charge in [-0.05, 0) is 51.4 Å². The Morgan fingerprint density at radius 1 is 0.900 bits per heavy atom. The minimum Gasteiger partial charge on any atom is -0.519 e. The smallest absolute Gasteiger partial charge is 0.271 e. The molecule has 0 radical (unpaired) electrons. The molecule has 0 aromatic heterocycles. The van der Waals surface area contributed by atoms with E-state index in [0.29, 0.717) is 11.0 Å². The highest BCUT2D eigenvalue weighted by Crippen LogP contribution is 2.29. The lowest BCUT2D eigenvalue weighted by Crippen LogP contribution is -2.32. The minimum atomic E-state index is -1.78. The van der Waals surface area contributed by atoms with Gasteiger partial charge in [-0.2, -0.15) is 0 Å². The van der Waals surface area contributed by atoms with Crippen LogP contribution in [0.5, 0.6) is 0 Å². The molecule has 0 spiro atoms. The quantitative estimate of drug-likeness (QED) is 0.450. The zero-order chi connectivity index (χ0) is 15.6. The molecule has 0 fully saturated rings. The van der Waals surface area contributed by atoms with Crippen molar-refractivity contribution in [3.05, 3.63) is 40.2 Å². The molecular weight excluding hydrogens is 372 g/mol. The zero-order valence-electron chi connectivity index (χ0n) is 12.9. The van der Waals surface area contributed by atoms with Crippen molar-refractivity contribution in [2.45, 2.75) is 39.3 Å². The van der Waals surface area contributed by atoms with E-state index >= 15 is 0 Å². The van der Waals surface area contributed by atoms with Crippen LogP contribution in [0.2, 0.25) is 39.3 Å². The maximum atomic E-state index is 6.50. The van der Waals surface area contributed by atoms with E-state index in [1.807, 2.05) is 24.3 Å². The van der Waals surface area contributed by atoms with Crippen molar-refractivity contribution < 1.29 is 8.85 Å². The van der Waals surface area contributed by atoms with E-state index in [0.717, 1.165) is 10.0 Å². The van der Waals surface area contributed by atoms with Crippen LogP contribution in [0.4, 0.5) is 0 Å². The topological polar surface area (TPSA) is 18.5 Å². The molecule has 0 aliphatic heterocycles. The first-order valence-electron chi connectivity index (χ1n) is 6.52. The first-order valence-corrected chi connectivity index (χ1v) is 14.5. The third-order valence-corrected chi connectivity index (χ3v) is 4.57. The van der Waals surface area contributed by atoms with E-state index in [2.05, 4.69) is 55.2 Å². The summed E-state index contributed by atoms with van der Waals surface area (Å²) in [5.74, 6) is 0.479. The Bertz CT molecular complexity index is 469. The third-order valence-electron chi connectivity index (χ3n) is 2.07. The molecule has 0 saturated carbocycles. The van der Waals surface area contributed by atoms with Gasteiger partial charge in [0, 0.05) is 10.0 Å². The summed E-state index contributed by atoms with van der Waals surface area (Å²) in [5, 5.41) is 0.544. The number of hydrogen-bond donors (Lipinski definition) is 0. The molecule has 0 N–H and O–H groups in total. The van der Waals surface area contributed by atoms with Gasteiger partial charge in [0.15, 0.2) is 0 Å². The second-order valence-corrected chi connectivity index (χ2v) is 16.7. The number of halogens is 2. The van der Waals surface area contributed by atoms with Gasteiger partial charge in [-0.15, -0.1) is 0 Å². The monoisotopic (exact) mass is 392 g/mol. The maximum Gasteiger partial charge on any atom is 0.271 e. The van der Waals surface area contributed by atoms with Crippen LogP contribution in [0.3, 0.4) is 0 Å². The fourth-order valence-corrected chi connectivity index (χ4v) is 3.46. The molecule has 1 aromatic rings. The Morgan fingerprint density at radius 3 is 1.65 bits per heavy atom. The summed E-state index contributed by atoms with van der Waals surface area (Å²) in [6.07, 6.45) is 0. The van der Waals surface area contributed by atoms with Gasteiger partial charge in [-0.1, -0.05) is 39.7 Å². The molecule has 2 nitrogen and oxygen atoms in total. The standard InChI is InChI=1S/C14H22BrClO2Si2/c1-19(2,3)17-14(18-20(4,5)6)13(16)11-7-9-12(15)10-8-11/h7-10H,1-6H3. The van der Waals surface area contributed by atoms with Gasteiger partial charge in [-0.25, -0.2) is 0 Å². The van der Waals surface area contributed by atoms with Crippen molar-refractivity contribution in [3.8, 4) is 0 Å². The van der Waals surface area contributed by atoms with E-state index in [4.69, 9.17) is 20.5 Å². The zero-order valence-corrected chi connectivity index (χ0v) is 17.2. The van der Waals surface area contributed by atoms with Gasteiger partial charge in [0.05, 0.1) is 0 Å². The molecule has 0 aliphatic rings. The van der Waals surface area contributed by atoms with Crippen LogP contribution in [-0.4, -0.2) is 16.6 Å². The molecule has 0 saturated heterocycles. The highest BCUT2D eigenvalue weighted by Gasteiger charge is 2.26. The van der Waals surface area contributed by atoms with Crippen molar-refractivity contribution in [1.29, 1.82) is 0 Å². The van der Waals surface area contributed by atoms with E-state index in [1.54, 1.807) is 0 Å². The molecule has 0 aliphatic carbocycles. The Hall–Kier alpha value is -0.236. The van der Waals surface area contributed by atoms with E-state index in [9.17, 15) is 0 Å². The average Bonchev–Trinajstić information content (AvgIpc) is 2.24. The molecule has 20 heavy (non-hydrogen) atoms. The molecule has 112 valence electrons. The van der Waals surface area contributed by atoms with Crippen molar-refractivity contribution in [3.63, 3.8) is 0 Å². The molecule has 0 bridgehead atoms. The normalized spacial score (nSPS) is 12.0. The Balaban J connectivity index is 3.18. The number of hydrogen-bond acceptors (Lipinski definition) is 2. The Kier molecular flexibility index (Phi) is 5.95. The summed E-state index contributed by atoms with van der Waals surface area (Å²) < 4.78 is 13.1. The van der Waals surface area contributed by atoms with Crippen LogP contribution in [0.1, 0.15) is 5.56 Å². The molecular formula is C14H22BrClO2Si2. The first-order chi connectivity index (χ1) is 8.98. The van der Waals surface area contributed by atoms with Gasteiger partial charge in [-0.3, -0.25) is 0 Å². The minimum absolute atomic E-state index is 0.479. The van der Waals surface area contributed by atoms with Crippen LogP contribution in [0.15, 0.2) is 34.7 Å². The summed E-state index contributed by atoms with van der Waals surface area (Å²) in [5.41, 5.74) is 0.904. The second kappa shape index (κ2) is 6.68. The van der Waals surface area contributed by atoms with Crippen molar-refractivity contribution in [1.82, 2.24) is 0 Å². The van der Waals surface area contributed by atoms with Gasteiger partial charge >= 0.3 is 0 Å². The molecule has 0 heterocycles. The summed E-state index contributed by atoms with van der Waals surface area (Å²) in [6, 6.07) is 7.82. The lowest BCUT2D eigenvalue weighted by molar-refractivity contribution is 0.221. The third kappa shape index (κ3) is 6.48. The summed E-state index contributed by atoms with van der Waals surface area (Å²) in [7, 11) is -3.56. The molecule has 0 atom stereocenters. The Morgan fingerprint density at radius 2 is 1.30 bits per heavy atom. The van der Waals surface area contributed by atoms with Gasteiger partial charge in [0.2, 0.25) is 16.6 Å². The average molecular weight is 394 g/mol. The fraction of sp³-hybridized carbons (Fsp3) is 0.429. The molecule has 1 rings (SSSR count). The van der Waals surface area contributed by atoms with E-state index in [1.165, 1.54) is 0 Å².